The van der Waals surface area contributed by atoms with Crippen LogP contribution in [0.25, 0.3) is 0 Å². The lowest BCUT2D eigenvalue weighted by molar-refractivity contribution is 0.0746. The van der Waals surface area contributed by atoms with Crippen LogP contribution in [0.2, 0.25) is 0 Å². The van der Waals surface area contributed by atoms with Gasteiger partial charge in [-0.2, -0.15) is 0 Å². The van der Waals surface area contributed by atoms with Crippen molar-refractivity contribution in [2.24, 2.45) is 0 Å². The molecule has 0 bridgehead atoms. The Bertz CT molecular complexity index is 642. The summed E-state index contributed by atoms with van der Waals surface area (Å²) in [4.78, 5) is 12.5. The molecule has 0 radical (unpaired) electrons. The molecule has 0 amide bonds. The molecule has 0 saturated heterocycles. The number of hydrogen-bond donors (Lipinski definition) is 1. The zero-order valence-corrected chi connectivity index (χ0v) is 12.4. The highest BCUT2D eigenvalue weighted by Crippen LogP contribution is 2.26. The Morgan fingerprint density at radius 3 is 2.15 bits per heavy atom. The van der Waals surface area contributed by atoms with Crippen LogP contribution in [-0.4, -0.2) is 10.9 Å². The number of aliphatic hydroxyl groups is 1. The molecule has 2 heteroatoms. The average Bonchev–Trinajstić information content (AvgIpc) is 2.48. The monoisotopic (exact) mass is 268 g/mol. The molecule has 2 nitrogen and oxygen atoms in total. The smallest absolute Gasteiger partial charge is 0.196 e. The number of carbonyl (C=O) groups is 1. The van der Waals surface area contributed by atoms with Crippen molar-refractivity contribution in [3.63, 3.8) is 0 Å². The molecule has 20 heavy (non-hydrogen) atoms. The van der Waals surface area contributed by atoms with E-state index in [0.29, 0.717) is 11.1 Å². The van der Waals surface area contributed by atoms with Gasteiger partial charge in [0.1, 0.15) is 6.10 Å². The van der Waals surface area contributed by atoms with Crippen molar-refractivity contribution in [2.45, 2.75) is 33.8 Å². The molecule has 0 aliphatic carbocycles. The minimum Gasteiger partial charge on any atom is -0.380 e. The van der Waals surface area contributed by atoms with Gasteiger partial charge in [0, 0.05) is 5.56 Å². The fourth-order valence-corrected chi connectivity index (χ4v) is 2.40. The van der Waals surface area contributed by atoms with Crippen LogP contribution in [0.15, 0.2) is 36.4 Å². The molecule has 104 valence electrons. The first-order chi connectivity index (χ1) is 9.43. The Morgan fingerprint density at radius 2 is 1.55 bits per heavy atom. The first-order valence-corrected chi connectivity index (χ1v) is 6.78. The fourth-order valence-electron chi connectivity index (χ4n) is 2.40. The molecule has 0 heterocycles. The summed E-state index contributed by atoms with van der Waals surface area (Å²) in [7, 11) is 0. The molecule has 1 atom stereocenters. The largest absolute Gasteiger partial charge is 0.380 e. The summed E-state index contributed by atoms with van der Waals surface area (Å²) in [6.07, 6.45) is -1.10. The van der Waals surface area contributed by atoms with E-state index >= 15 is 0 Å². The number of ketones is 1. The standard InChI is InChI=1S/C18H20O2/c1-11-10-16(14(4)13(3)12(11)2)18(20)17(19)15-8-6-5-7-9-15/h5-10,17,19H,1-4H3. The van der Waals surface area contributed by atoms with Crippen molar-refractivity contribution < 1.29 is 9.90 Å². The second-order valence-electron chi connectivity index (χ2n) is 5.29. The topological polar surface area (TPSA) is 37.3 Å². The molecule has 2 aromatic carbocycles. The van der Waals surface area contributed by atoms with E-state index in [0.717, 1.165) is 16.7 Å². The maximum atomic E-state index is 12.5. The number of carbonyl (C=O) groups excluding carboxylic acids is 1. The van der Waals surface area contributed by atoms with Gasteiger partial charge >= 0.3 is 0 Å². The van der Waals surface area contributed by atoms with Gasteiger partial charge in [-0.25, -0.2) is 0 Å². The molecule has 0 aliphatic heterocycles. The van der Waals surface area contributed by atoms with Gasteiger partial charge in [0.2, 0.25) is 0 Å². The number of aryl methyl sites for hydroxylation is 1. The molecule has 0 spiro atoms. The Balaban J connectivity index is 2.45. The van der Waals surface area contributed by atoms with Crippen LogP contribution >= 0.6 is 0 Å². The number of aliphatic hydroxyl groups excluding tert-OH is 1. The van der Waals surface area contributed by atoms with Gasteiger partial charge in [-0.1, -0.05) is 30.3 Å². The fraction of sp³-hybridized carbons (Fsp3) is 0.278. The van der Waals surface area contributed by atoms with E-state index in [9.17, 15) is 9.90 Å². The maximum absolute atomic E-state index is 12.5. The first kappa shape index (κ1) is 14.5. The van der Waals surface area contributed by atoms with Crippen molar-refractivity contribution in [3.8, 4) is 0 Å². The number of hydrogen-bond acceptors (Lipinski definition) is 2. The van der Waals surface area contributed by atoms with E-state index in [2.05, 4.69) is 6.92 Å². The lowest BCUT2D eigenvalue weighted by Gasteiger charge is -2.16. The highest BCUT2D eigenvalue weighted by Gasteiger charge is 2.22. The molecule has 1 N–H and O–H groups in total. The molecule has 0 saturated carbocycles. The molecule has 0 fully saturated rings. The SMILES string of the molecule is Cc1cc(C(=O)C(O)c2ccccc2)c(C)c(C)c1C. The predicted molar refractivity (Wildman–Crippen MR) is 81.1 cm³/mol. The average molecular weight is 268 g/mol. The zero-order valence-electron chi connectivity index (χ0n) is 12.4. The number of benzene rings is 2. The highest BCUT2D eigenvalue weighted by atomic mass is 16.3. The van der Waals surface area contributed by atoms with E-state index in [1.54, 1.807) is 12.1 Å². The molecule has 0 aromatic heterocycles. The zero-order chi connectivity index (χ0) is 14.9. The third kappa shape index (κ3) is 2.52. The van der Waals surface area contributed by atoms with Gasteiger partial charge in [-0.05, 0) is 61.6 Å². The van der Waals surface area contributed by atoms with Crippen molar-refractivity contribution in [2.75, 3.05) is 0 Å². The Kier molecular flexibility index (Phi) is 4.05. The normalized spacial score (nSPS) is 12.2. The molecule has 0 aliphatic rings. The molecular weight excluding hydrogens is 248 g/mol. The molecule has 1 unspecified atom stereocenters. The van der Waals surface area contributed by atoms with E-state index in [1.165, 1.54) is 5.56 Å². The quantitative estimate of drug-likeness (QED) is 0.859. The van der Waals surface area contributed by atoms with Crippen molar-refractivity contribution in [1.82, 2.24) is 0 Å². The third-order valence-corrected chi connectivity index (χ3v) is 4.11. The summed E-state index contributed by atoms with van der Waals surface area (Å²) in [6.45, 7) is 8.00. The second-order valence-corrected chi connectivity index (χ2v) is 5.29. The lowest BCUT2D eigenvalue weighted by atomic mass is 9.90. The minimum atomic E-state index is -1.10. The number of rotatable bonds is 3. The van der Waals surface area contributed by atoms with Crippen LogP contribution in [0.1, 0.15) is 44.3 Å². The van der Waals surface area contributed by atoms with Gasteiger partial charge < -0.3 is 5.11 Å². The van der Waals surface area contributed by atoms with Crippen molar-refractivity contribution >= 4 is 5.78 Å². The van der Waals surface area contributed by atoms with Gasteiger partial charge in [-0.3, -0.25) is 4.79 Å². The van der Waals surface area contributed by atoms with Crippen molar-refractivity contribution in [1.29, 1.82) is 0 Å². The summed E-state index contributed by atoms with van der Waals surface area (Å²) >= 11 is 0. The first-order valence-electron chi connectivity index (χ1n) is 6.78. The summed E-state index contributed by atoms with van der Waals surface area (Å²) in [6, 6.07) is 10.9. The lowest BCUT2D eigenvalue weighted by Crippen LogP contribution is -2.15. The van der Waals surface area contributed by atoms with Crippen LogP contribution in [0.3, 0.4) is 0 Å². The van der Waals surface area contributed by atoms with Crippen LogP contribution in [0.4, 0.5) is 0 Å². The van der Waals surface area contributed by atoms with Gasteiger partial charge in [0.25, 0.3) is 0 Å². The summed E-state index contributed by atoms with van der Waals surface area (Å²) in [5, 5.41) is 10.3. The molecular formula is C18H20O2. The van der Waals surface area contributed by atoms with Gasteiger partial charge in [-0.15, -0.1) is 0 Å². The van der Waals surface area contributed by atoms with E-state index in [-0.39, 0.29) is 5.78 Å². The number of Topliss-reactive ketones (excluding diaryl/α,β-unsaturated/α-hetero) is 1. The van der Waals surface area contributed by atoms with Crippen LogP contribution in [0.5, 0.6) is 0 Å². The minimum absolute atomic E-state index is 0.236. The highest BCUT2D eigenvalue weighted by molar-refractivity contribution is 6.01. The Morgan fingerprint density at radius 1 is 0.950 bits per heavy atom. The third-order valence-electron chi connectivity index (χ3n) is 4.11. The van der Waals surface area contributed by atoms with E-state index in [4.69, 9.17) is 0 Å². The van der Waals surface area contributed by atoms with Gasteiger partial charge in [0.05, 0.1) is 0 Å². The van der Waals surface area contributed by atoms with Crippen LogP contribution in [-0.2, 0) is 0 Å². The Labute approximate surface area is 120 Å². The van der Waals surface area contributed by atoms with Crippen LogP contribution < -0.4 is 0 Å². The van der Waals surface area contributed by atoms with Crippen molar-refractivity contribution in [3.05, 3.63) is 69.8 Å². The Hall–Kier alpha value is -1.93. The summed E-state index contributed by atoms with van der Waals surface area (Å²) < 4.78 is 0. The maximum Gasteiger partial charge on any atom is 0.196 e. The molecule has 2 aromatic rings. The predicted octanol–water partition coefficient (Wildman–Crippen LogP) is 3.84. The van der Waals surface area contributed by atoms with Crippen LogP contribution in [0, 0.1) is 27.7 Å². The van der Waals surface area contributed by atoms with E-state index < -0.39 is 6.10 Å². The summed E-state index contributed by atoms with van der Waals surface area (Å²) in [5.41, 5.74) is 5.60. The van der Waals surface area contributed by atoms with Gasteiger partial charge in [0.15, 0.2) is 5.78 Å². The molecule has 2 rings (SSSR count). The second kappa shape index (κ2) is 5.59. The van der Waals surface area contributed by atoms with E-state index in [1.807, 2.05) is 45.0 Å². The summed E-state index contributed by atoms with van der Waals surface area (Å²) in [5.74, 6) is -0.236.